The Morgan fingerprint density at radius 3 is 2.32 bits per heavy atom. The Morgan fingerprint density at radius 2 is 1.74 bits per heavy atom. The van der Waals surface area contributed by atoms with Gasteiger partial charge in [0.15, 0.2) is 0 Å². The number of hydrogen-bond acceptors (Lipinski definition) is 6. The zero-order valence-electron chi connectivity index (χ0n) is 16.0. The van der Waals surface area contributed by atoms with Gasteiger partial charge in [-0.15, -0.1) is 0 Å². The van der Waals surface area contributed by atoms with E-state index in [4.69, 9.17) is 0 Å². The van der Waals surface area contributed by atoms with Crippen molar-refractivity contribution in [2.24, 2.45) is 0 Å². The second-order valence-corrected chi connectivity index (χ2v) is 8.89. The van der Waals surface area contributed by atoms with Gasteiger partial charge >= 0.3 is 12.1 Å². The lowest BCUT2D eigenvalue weighted by molar-refractivity contribution is -0.159. The van der Waals surface area contributed by atoms with Gasteiger partial charge in [0.1, 0.15) is 10.7 Å². The molecule has 0 radical (unpaired) electrons. The fourth-order valence-electron chi connectivity index (χ4n) is 3.16. The Morgan fingerprint density at radius 1 is 1.10 bits per heavy atom. The monoisotopic (exact) mass is 456 g/mol. The van der Waals surface area contributed by atoms with Gasteiger partial charge in [-0.25, -0.2) is 12.8 Å². The van der Waals surface area contributed by atoms with Crippen molar-refractivity contribution in [2.75, 3.05) is 25.0 Å². The molecule has 1 fully saturated rings. The molecule has 2 aromatic carbocycles. The largest absolute Gasteiger partial charge is 0.471 e. The van der Waals surface area contributed by atoms with Crippen LogP contribution in [0.2, 0.25) is 0 Å². The van der Waals surface area contributed by atoms with E-state index in [-0.39, 0.29) is 29.9 Å². The molecule has 1 aromatic heterocycles. The molecule has 0 atom stereocenters. The second kappa shape index (κ2) is 7.61. The molecule has 0 saturated carbocycles. The van der Waals surface area contributed by atoms with Crippen LogP contribution in [-0.2, 0) is 16.2 Å². The fourth-order valence-corrected chi connectivity index (χ4v) is 4.74. The third-order valence-electron chi connectivity index (χ3n) is 5.03. The van der Waals surface area contributed by atoms with Crippen LogP contribution in [0.15, 0.2) is 57.9 Å². The first-order valence-corrected chi connectivity index (χ1v) is 10.5. The van der Waals surface area contributed by atoms with Gasteiger partial charge < -0.3 is 9.42 Å². The molecule has 1 aliphatic heterocycles. The molecule has 0 unspecified atom stereocenters. The number of benzene rings is 2. The minimum atomic E-state index is -4.72. The van der Waals surface area contributed by atoms with E-state index in [9.17, 15) is 26.0 Å². The van der Waals surface area contributed by atoms with Gasteiger partial charge in [0, 0.05) is 31.4 Å². The third-order valence-corrected chi connectivity index (χ3v) is 6.90. The summed E-state index contributed by atoms with van der Waals surface area (Å²) in [5.74, 6) is -2.41. The third kappa shape index (κ3) is 4.00. The van der Waals surface area contributed by atoms with Crippen LogP contribution in [0.3, 0.4) is 0 Å². The lowest BCUT2D eigenvalue weighted by Gasteiger charge is -2.43. The molecular weight excluding hydrogens is 440 g/mol. The normalized spacial score (nSPS) is 15.6. The van der Waals surface area contributed by atoms with Crippen molar-refractivity contribution in [2.45, 2.75) is 17.1 Å². The Balaban J connectivity index is 1.43. The highest BCUT2D eigenvalue weighted by Crippen LogP contribution is 2.31. The smallest absolute Gasteiger partial charge is 0.369 e. The molecule has 1 saturated heterocycles. The minimum Gasteiger partial charge on any atom is -0.369 e. The van der Waals surface area contributed by atoms with E-state index in [1.807, 2.05) is 4.90 Å². The van der Waals surface area contributed by atoms with E-state index < -0.39 is 27.9 Å². The molecule has 31 heavy (non-hydrogen) atoms. The number of sulfonamides is 1. The summed E-state index contributed by atoms with van der Waals surface area (Å²) in [7, 11) is -2.15. The summed E-state index contributed by atoms with van der Waals surface area (Å²) >= 11 is 0. The topological polar surface area (TPSA) is 79.5 Å². The van der Waals surface area contributed by atoms with E-state index >= 15 is 0 Å². The number of anilines is 1. The van der Waals surface area contributed by atoms with Crippen LogP contribution in [0, 0.1) is 5.82 Å². The first-order valence-electron chi connectivity index (χ1n) is 9.06. The lowest BCUT2D eigenvalue weighted by Crippen LogP contribution is -2.60. The van der Waals surface area contributed by atoms with E-state index in [2.05, 4.69) is 14.7 Å². The van der Waals surface area contributed by atoms with Crippen LogP contribution in [0.25, 0.3) is 11.4 Å². The van der Waals surface area contributed by atoms with Gasteiger partial charge in [0.25, 0.3) is 0 Å². The first kappa shape index (κ1) is 21.2. The Hall–Kier alpha value is -2.99. The Labute approximate surface area is 174 Å². The number of hydrogen-bond donors (Lipinski definition) is 0. The number of halogens is 4. The van der Waals surface area contributed by atoms with Gasteiger partial charge in [-0.05, 0) is 36.4 Å². The van der Waals surface area contributed by atoms with Crippen molar-refractivity contribution >= 4 is 15.7 Å². The van der Waals surface area contributed by atoms with Crippen molar-refractivity contribution in [3.8, 4) is 11.4 Å². The average Bonchev–Trinajstić information content (AvgIpc) is 3.17. The van der Waals surface area contributed by atoms with Crippen LogP contribution in [0.4, 0.5) is 23.2 Å². The first-order chi connectivity index (χ1) is 14.6. The maximum atomic E-state index is 13.9. The van der Waals surface area contributed by atoms with Crippen molar-refractivity contribution in [3.05, 3.63) is 60.2 Å². The molecule has 0 amide bonds. The summed E-state index contributed by atoms with van der Waals surface area (Å²) in [6.07, 6.45) is -4.72. The predicted octanol–water partition coefficient (Wildman–Crippen LogP) is 3.40. The van der Waals surface area contributed by atoms with E-state index in [1.165, 1.54) is 22.5 Å². The SMILES string of the molecule is CN(c1ccc(-c2noc(C(F)(F)F)n2)cc1)C1CN(S(=O)(=O)c2ccccc2F)C1. The Bertz CT molecular complexity index is 1190. The molecule has 164 valence electrons. The van der Waals surface area contributed by atoms with Crippen LogP contribution in [0.1, 0.15) is 5.89 Å². The van der Waals surface area contributed by atoms with Gasteiger partial charge in [0.05, 0.1) is 6.04 Å². The summed E-state index contributed by atoms with van der Waals surface area (Å²) in [6.45, 7) is 0.351. The van der Waals surface area contributed by atoms with Crippen LogP contribution in [-0.4, -0.2) is 49.0 Å². The number of aromatic nitrogens is 2. The van der Waals surface area contributed by atoms with Crippen molar-refractivity contribution < 1.29 is 30.5 Å². The summed E-state index contributed by atoms with van der Waals surface area (Å²) in [6, 6.07) is 11.5. The standard InChI is InChI=1S/C19H16F4N4O3S/c1-26(14-10-27(11-14)31(28,29)16-5-3-2-4-15(16)20)13-8-6-12(7-9-13)17-24-18(30-25-17)19(21,22)23/h2-9,14H,10-11H2,1H3. The molecule has 0 spiro atoms. The van der Waals surface area contributed by atoms with Crippen molar-refractivity contribution in [1.29, 1.82) is 0 Å². The molecule has 3 aromatic rings. The molecule has 4 rings (SSSR count). The van der Waals surface area contributed by atoms with Crippen molar-refractivity contribution in [3.63, 3.8) is 0 Å². The van der Waals surface area contributed by atoms with Crippen LogP contribution < -0.4 is 4.90 Å². The molecule has 12 heteroatoms. The van der Waals surface area contributed by atoms with Crippen LogP contribution >= 0.6 is 0 Å². The molecule has 7 nitrogen and oxygen atoms in total. The molecule has 2 heterocycles. The van der Waals surface area contributed by atoms with Crippen molar-refractivity contribution in [1.82, 2.24) is 14.4 Å². The maximum absolute atomic E-state index is 13.9. The zero-order valence-corrected chi connectivity index (χ0v) is 16.9. The summed E-state index contributed by atoms with van der Waals surface area (Å²) in [4.78, 5) is 4.82. The second-order valence-electron chi connectivity index (χ2n) is 6.98. The zero-order chi connectivity index (χ0) is 22.4. The van der Waals surface area contributed by atoms with Gasteiger partial charge in [0.2, 0.25) is 15.8 Å². The van der Waals surface area contributed by atoms with E-state index in [0.29, 0.717) is 5.56 Å². The highest BCUT2D eigenvalue weighted by Gasteiger charge is 2.40. The summed E-state index contributed by atoms with van der Waals surface area (Å²) in [5, 5.41) is 3.34. The number of nitrogens with zero attached hydrogens (tertiary/aromatic N) is 4. The fraction of sp³-hybridized carbons (Fsp3) is 0.263. The molecule has 0 bridgehead atoms. The van der Waals surface area contributed by atoms with Gasteiger partial charge in [-0.2, -0.15) is 22.5 Å². The van der Waals surface area contributed by atoms with Gasteiger partial charge in [-0.1, -0.05) is 17.3 Å². The lowest BCUT2D eigenvalue weighted by atomic mass is 10.1. The summed E-state index contributed by atoms with van der Waals surface area (Å²) < 4.78 is 82.2. The quantitative estimate of drug-likeness (QED) is 0.548. The number of likely N-dealkylation sites (N-methyl/N-ethyl adjacent to an activating group) is 1. The molecular formula is C19H16F4N4O3S. The van der Waals surface area contributed by atoms with E-state index in [0.717, 1.165) is 11.8 Å². The summed E-state index contributed by atoms with van der Waals surface area (Å²) in [5.41, 5.74) is 1.06. The maximum Gasteiger partial charge on any atom is 0.471 e. The molecule has 0 aliphatic carbocycles. The molecule has 0 N–H and O–H groups in total. The highest BCUT2D eigenvalue weighted by atomic mass is 32.2. The van der Waals surface area contributed by atoms with E-state index in [1.54, 1.807) is 31.3 Å². The van der Waals surface area contributed by atoms with Crippen LogP contribution in [0.5, 0.6) is 0 Å². The van der Waals surface area contributed by atoms with Gasteiger partial charge in [-0.3, -0.25) is 0 Å². The average molecular weight is 456 g/mol. The molecule has 1 aliphatic rings. The highest BCUT2D eigenvalue weighted by molar-refractivity contribution is 7.89. The number of alkyl halides is 3. The number of rotatable bonds is 5. The predicted molar refractivity (Wildman–Crippen MR) is 102 cm³/mol. The Kier molecular flexibility index (Phi) is 5.21. The minimum absolute atomic E-state index is 0.144.